The second-order valence-electron chi connectivity index (χ2n) is 6.58. The second kappa shape index (κ2) is 6.96. The van der Waals surface area contributed by atoms with Gasteiger partial charge >= 0.3 is 0 Å². The predicted molar refractivity (Wildman–Crippen MR) is 104 cm³/mol. The highest BCUT2D eigenvalue weighted by Gasteiger charge is 2.28. The molecule has 0 bridgehead atoms. The van der Waals surface area contributed by atoms with E-state index in [1.807, 2.05) is 60.4 Å². The molecule has 2 heterocycles. The van der Waals surface area contributed by atoms with Crippen LogP contribution in [0.1, 0.15) is 33.6 Å². The van der Waals surface area contributed by atoms with Gasteiger partial charge in [-0.05, 0) is 37.0 Å². The summed E-state index contributed by atoms with van der Waals surface area (Å²) in [4.78, 5) is 15.1. The molecule has 0 radical (unpaired) electrons. The number of hydrogen-bond acceptors (Lipinski definition) is 2. The van der Waals surface area contributed by atoms with Crippen molar-refractivity contribution in [3.05, 3.63) is 82.1 Å². The van der Waals surface area contributed by atoms with Gasteiger partial charge in [0, 0.05) is 12.2 Å². The monoisotopic (exact) mass is 365 g/mol. The van der Waals surface area contributed by atoms with E-state index in [0.717, 1.165) is 24.1 Å². The van der Waals surface area contributed by atoms with Crippen LogP contribution in [0.4, 0.5) is 5.69 Å². The zero-order chi connectivity index (χ0) is 18.1. The number of hydrogen-bond donors (Lipinski definition) is 0. The van der Waals surface area contributed by atoms with Gasteiger partial charge in [-0.2, -0.15) is 5.10 Å². The Morgan fingerprint density at radius 1 is 1.12 bits per heavy atom. The maximum absolute atomic E-state index is 13.3. The number of benzene rings is 2. The van der Waals surface area contributed by atoms with Gasteiger partial charge in [-0.3, -0.25) is 4.79 Å². The van der Waals surface area contributed by atoms with E-state index in [4.69, 9.17) is 11.6 Å². The Kier molecular flexibility index (Phi) is 4.51. The van der Waals surface area contributed by atoms with Crippen LogP contribution >= 0.6 is 11.6 Å². The average molecular weight is 366 g/mol. The van der Waals surface area contributed by atoms with Gasteiger partial charge < -0.3 is 4.90 Å². The SMILES string of the molecule is Cc1nn(Cc2ccccc2)c(Cl)c1C(=O)N1CCCc2ccccc21. The number of para-hydroxylation sites is 1. The lowest BCUT2D eigenvalue weighted by molar-refractivity contribution is 0.0984. The van der Waals surface area contributed by atoms with E-state index in [2.05, 4.69) is 11.2 Å². The summed E-state index contributed by atoms with van der Waals surface area (Å²) >= 11 is 6.57. The molecule has 0 saturated carbocycles. The summed E-state index contributed by atoms with van der Waals surface area (Å²) in [7, 11) is 0. The smallest absolute Gasteiger partial charge is 0.263 e. The summed E-state index contributed by atoms with van der Waals surface area (Å²) in [6.45, 7) is 3.09. The van der Waals surface area contributed by atoms with Crippen LogP contribution in [0, 0.1) is 6.92 Å². The topological polar surface area (TPSA) is 38.1 Å². The fraction of sp³-hybridized carbons (Fsp3) is 0.238. The molecular weight excluding hydrogens is 346 g/mol. The van der Waals surface area contributed by atoms with Crippen LogP contribution in [0.5, 0.6) is 0 Å². The minimum atomic E-state index is -0.0704. The number of amides is 1. The van der Waals surface area contributed by atoms with Gasteiger partial charge in [-0.1, -0.05) is 60.1 Å². The fourth-order valence-corrected chi connectivity index (χ4v) is 3.85. The van der Waals surface area contributed by atoms with E-state index in [1.165, 1.54) is 5.56 Å². The van der Waals surface area contributed by atoms with Crippen LogP contribution in [0.2, 0.25) is 5.15 Å². The molecule has 4 rings (SSSR count). The molecule has 5 heteroatoms. The number of fused-ring (bicyclic) bond motifs is 1. The third-order valence-corrected chi connectivity index (χ3v) is 5.19. The number of anilines is 1. The summed E-state index contributed by atoms with van der Waals surface area (Å²) in [5.41, 5.74) is 4.45. The van der Waals surface area contributed by atoms with Gasteiger partial charge in [0.15, 0.2) is 0 Å². The van der Waals surface area contributed by atoms with Gasteiger partial charge in [0.2, 0.25) is 0 Å². The summed E-state index contributed by atoms with van der Waals surface area (Å²) in [6, 6.07) is 18.1. The molecule has 0 atom stereocenters. The van der Waals surface area contributed by atoms with Gasteiger partial charge in [0.25, 0.3) is 5.91 Å². The zero-order valence-corrected chi connectivity index (χ0v) is 15.4. The van der Waals surface area contributed by atoms with Gasteiger partial charge in [0.05, 0.1) is 17.8 Å². The van der Waals surface area contributed by atoms with Crippen molar-refractivity contribution in [1.82, 2.24) is 9.78 Å². The minimum absolute atomic E-state index is 0.0704. The van der Waals surface area contributed by atoms with Crippen LogP contribution in [-0.4, -0.2) is 22.2 Å². The summed E-state index contributed by atoms with van der Waals surface area (Å²) in [5, 5.41) is 4.92. The van der Waals surface area contributed by atoms with Crippen molar-refractivity contribution >= 4 is 23.2 Å². The number of halogens is 1. The lowest BCUT2D eigenvalue weighted by Gasteiger charge is -2.29. The van der Waals surface area contributed by atoms with Crippen molar-refractivity contribution in [3.63, 3.8) is 0 Å². The molecule has 0 spiro atoms. The van der Waals surface area contributed by atoms with Crippen LogP contribution in [0.15, 0.2) is 54.6 Å². The molecule has 1 aliphatic heterocycles. The van der Waals surface area contributed by atoms with Crippen LogP contribution < -0.4 is 4.90 Å². The molecule has 0 N–H and O–H groups in total. The van der Waals surface area contributed by atoms with Gasteiger partial charge in [-0.15, -0.1) is 0 Å². The quantitative estimate of drug-likeness (QED) is 0.686. The van der Waals surface area contributed by atoms with E-state index in [-0.39, 0.29) is 5.91 Å². The Labute approximate surface area is 158 Å². The number of rotatable bonds is 3. The molecular formula is C21H20ClN3O. The molecule has 1 aliphatic rings. The molecule has 1 aromatic heterocycles. The number of aromatic nitrogens is 2. The molecule has 0 unspecified atom stereocenters. The average Bonchev–Trinajstić information content (AvgIpc) is 2.95. The number of aryl methyl sites for hydroxylation is 2. The van der Waals surface area contributed by atoms with Gasteiger partial charge in [-0.25, -0.2) is 4.68 Å². The van der Waals surface area contributed by atoms with E-state index in [1.54, 1.807) is 4.68 Å². The first-order chi connectivity index (χ1) is 12.6. The second-order valence-corrected chi connectivity index (χ2v) is 6.94. The lowest BCUT2D eigenvalue weighted by Crippen LogP contribution is -2.35. The number of carbonyl (C=O) groups is 1. The molecule has 0 saturated heterocycles. The molecule has 3 aromatic rings. The first-order valence-electron chi connectivity index (χ1n) is 8.82. The van der Waals surface area contributed by atoms with E-state index < -0.39 is 0 Å². The Morgan fingerprint density at radius 3 is 2.65 bits per heavy atom. The van der Waals surface area contributed by atoms with E-state index in [0.29, 0.717) is 29.5 Å². The molecule has 0 aliphatic carbocycles. The summed E-state index contributed by atoms with van der Waals surface area (Å²) < 4.78 is 1.70. The normalized spacial score (nSPS) is 13.5. The van der Waals surface area contributed by atoms with Gasteiger partial charge in [0.1, 0.15) is 5.15 Å². The number of carbonyl (C=O) groups excluding carboxylic acids is 1. The molecule has 132 valence electrons. The first-order valence-corrected chi connectivity index (χ1v) is 9.19. The molecule has 1 amide bonds. The Morgan fingerprint density at radius 2 is 1.85 bits per heavy atom. The predicted octanol–water partition coefficient (Wildman–Crippen LogP) is 4.49. The molecule has 2 aromatic carbocycles. The van der Waals surface area contributed by atoms with Crippen molar-refractivity contribution in [3.8, 4) is 0 Å². The van der Waals surface area contributed by atoms with Crippen LogP contribution in [-0.2, 0) is 13.0 Å². The Balaban J connectivity index is 1.67. The largest absolute Gasteiger partial charge is 0.308 e. The van der Waals surface area contributed by atoms with Crippen LogP contribution in [0.25, 0.3) is 0 Å². The third kappa shape index (κ3) is 3.01. The van der Waals surface area contributed by atoms with Crippen molar-refractivity contribution in [2.75, 3.05) is 11.4 Å². The molecule has 26 heavy (non-hydrogen) atoms. The fourth-order valence-electron chi connectivity index (χ4n) is 3.54. The maximum Gasteiger partial charge on any atom is 0.263 e. The zero-order valence-electron chi connectivity index (χ0n) is 14.7. The van der Waals surface area contributed by atoms with Crippen molar-refractivity contribution < 1.29 is 4.79 Å². The highest BCUT2D eigenvalue weighted by molar-refractivity contribution is 6.33. The van der Waals surface area contributed by atoms with Crippen molar-refractivity contribution in [1.29, 1.82) is 0 Å². The Hall–Kier alpha value is -2.59. The molecule has 4 nitrogen and oxygen atoms in total. The standard InChI is InChI=1S/C21H20ClN3O/c1-15-19(20(22)25(23-15)14-16-8-3-2-4-9-16)21(26)24-13-7-11-17-10-5-6-12-18(17)24/h2-6,8-10,12H,7,11,13-14H2,1H3. The van der Waals surface area contributed by atoms with Crippen LogP contribution in [0.3, 0.4) is 0 Å². The van der Waals surface area contributed by atoms with E-state index >= 15 is 0 Å². The highest BCUT2D eigenvalue weighted by atomic mass is 35.5. The highest BCUT2D eigenvalue weighted by Crippen LogP contribution is 2.30. The minimum Gasteiger partial charge on any atom is -0.308 e. The Bertz CT molecular complexity index is 949. The summed E-state index contributed by atoms with van der Waals surface area (Å²) in [5.74, 6) is -0.0704. The lowest BCUT2D eigenvalue weighted by atomic mass is 10.0. The third-order valence-electron chi connectivity index (χ3n) is 4.81. The van der Waals surface area contributed by atoms with E-state index in [9.17, 15) is 4.79 Å². The number of nitrogens with zero attached hydrogens (tertiary/aromatic N) is 3. The van der Waals surface area contributed by atoms with Crippen molar-refractivity contribution in [2.45, 2.75) is 26.3 Å². The first kappa shape index (κ1) is 16.9. The van der Waals surface area contributed by atoms with Crippen molar-refractivity contribution in [2.24, 2.45) is 0 Å². The molecule has 0 fully saturated rings. The maximum atomic E-state index is 13.3. The summed E-state index contributed by atoms with van der Waals surface area (Å²) in [6.07, 6.45) is 1.96.